The second-order valence-electron chi connectivity index (χ2n) is 5.54. The van der Waals surface area contributed by atoms with E-state index in [-0.39, 0.29) is 11.5 Å². The molecule has 0 aromatic heterocycles. The standard InChI is InChI=1S/C12H25NO2/c1-10(2)12(4,14)9-13-11(3)5-7-15-8-6-11/h10,13-14H,5-9H2,1-4H3. The quantitative estimate of drug-likeness (QED) is 0.747. The summed E-state index contributed by atoms with van der Waals surface area (Å²) in [5, 5.41) is 13.6. The third-order valence-electron chi connectivity index (χ3n) is 3.71. The van der Waals surface area contributed by atoms with E-state index in [9.17, 15) is 5.11 Å². The van der Waals surface area contributed by atoms with Gasteiger partial charge in [0.1, 0.15) is 0 Å². The zero-order valence-corrected chi connectivity index (χ0v) is 10.5. The topological polar surface area (TPSA) is 41.5 Å². The van der Waals surface area contributed by atoms with Crippen molar-refractivity contribution in [2.45, 2.75) is 51.7 Å². The van der Waals surface area contributed by atoms with Crippen molar-refractivity contribution in [3.63, 3.8) is 0 Å². The van der Waals surface area contributed by atoms with Crippen molar-refractivity contribution < 1.29 is 9.84 Å². The fourth-order valence-corrected chi connectivity index (χ4v) is 1.60. The molecule has 3 nitrogen and oxygen atoms in total. The van der Waals surface area contributed by atoms with Crippen LogP contribution in [0.25, 0.3) is 0 Å². The maximum atomic E-state index is 10.1. The van der Waals surface area contributed by atoms with Gasteiger partial charge in [0.25, 0.3) is 0 Å². The Bertz CT molecular complexity index is 196. The molecule has 90 valence electrons. The van der Waals surface area contributed by atoms with Crippen LogP contribution in [0.3, 0.4) is 0 Å². The van der Waals surface area contributed by atoms with Gasteiger partial charge in [-0.05, 0) is 32.6 Å². The van der Waals surface area contributed by atoms with Crippen molar-refractivity contribution in [3.8, 4) is 0 Å². The van der Waals surface area contributed by atoms with Crippen LogP contribution in [-0.2, 0) is 4.74 Å². The van der Waals surface area contributed by atoms with Crippen LogP contribution in [0.1, 0.15) is 40.5 Å². The molecule has 1 saturated heterocycles. The molecule has 0 aromatic carbocycles. The van der Waals surface area contributed by atoms with Crippen molar-refractivity contribution >= 4 is 0 Å². The summed E-state index contributed by atoms with van der Waals surface area (Å²) in [4.78, 5) is 0. The van der Waals surface area contributed by atoms with Gasteiger partial charge in [-0.1, -0.05) is 13.8 Å². The highest BCUT2D eigenvalue weighted by molar-refractivity contribution is 4.89. The molecule has 1 aliphatic rings. The summed E-state index contributed by atoms with van der Waals surface area (Å²) in [6, 6.07) is 0. The number of hydrogen-bond donors (Lipinski definition) is 2. The highest BCUT2D eigenvalue weighted by atomic mass is 16.5. The Balaban J connectivity index is 2.41. The molecule has 15 heavy (non-hydrogen) atoms. The summed E-state index contributed by atoms with van der Waals surface area (Å²) >= 11 is 0. The highest BCUT2D eigenvalue weighted by Gasteiger charge is 2.31. The Hall–Kier alpha value is -0.120. The first kappa shape index (κ1) is 12.9. The summed E-state index contributed by atoms with van der Waals surface area (Å²) in [6.07, 6.45) is 2.06. The zero-order chi connectivity index (χ0) is 11.5. The van der Waals surface area contributed by atoms with Crippen LogP contribution in [-0.4, -0.2) is 36.0 Å². The predicted molar refractivity (Wildman–Crippen MR) is 61.9 cm³/mol. The Labute approximate surface area is 93.2 Å². The Morgan fingerprint density at radius 2 is 1.93 bits per heavy atom. The van der Waals surface area contributed by atoms with Gasteiger partial charge in [-0.2, -0.15) is 0 Å². The minimum atomic E-state index is -0.624. The largest absolute Gasteiger partial charge is 0.389 e. The minimum Gasteiger partial charge on any atom is -0.389 e. The van der Waals surface area contributed by atoms with E-state index in [1.807, 2.05) is 20.8 Å². The SMILES string of the molecule is CC(C)C(C)(O)CNC1(C)CCOCC1. The van der Waals surface area contributed by atoms with Gasteiger partial charge < -0.3 is 15.2 Å². The zero-order valence-electron chi connectivity index (χ0n) is 10.5. The normalized spacial score (nSPS) is 25.2. The van der Waals surface area contributed by atoms with Crippen LogP contribution in [0.4, 0.5) is 0 Å². The van der Waals surface area contributed by atoms with Gasteiger partial charge in [0, 0.05) is 25.3 Å². The molecule has 1 unspecified atom stereocenters. The third kappa shape index (κ3) is 3.74. The maximum Gasteiger partial charge on any atom is 0.0766 e. The lowest BCUT2D eigenvalue weighted by atomic mass is 9.88. The maximum absolute atomic E-state index is 10.1. The van der Waals surface area contributed by atoms with Crippen molar-refractivity contribution in [1.29, 1.82) is 0 Å². The minimum absolute atomic E-state index is 0.136. The molecule has 3 heteroatoms. The molecule has 1 atom stereocenters. The van der Waals surface area contributed by atoms with Crippen LogP contribution in [0.2, 0.25) is 0 Å². The van der Waals surface area contributed by atoms with Gasteiger partial charge in [-0.25, -0.2) is 0 Å². The lowest BCUT2D eigenvalue weighted by Gasteiger charge is -2.38. The number of ether oxygens (including phenoxy) is 1. The second-order valence-corrected chi connectivity index (χ2v) is 5.54. The van der Waals surface area contributed by atoms with E-state index >= 15 is 0 Å². The fourth-order valence-electron chi connectivity index (χ4n) is 1.60. The predicted octanol–water partition coefficient (Wildman–Crippen LogP) is 1.55. The van der Waals surface area contributed by atoms with Crippen LogP contribution in [0.15, 0.2) is 0 Å². The van der Waals surface area contributed by atoms with E-state index in [2.05, 4.69) is 12.2 Å². The van der Waals surface area contributed by atoms with Gasteiger partial charge in [0.15, 0.2) is 0 Å². The Kier molecular flexibility index (Phi) is 4.15. The van der Waals surface area contributed by atoms with E-state index in [1.165, 1.54) is 0 Å². The lowest BCUT2D eigenvalue weighted by molar-refractivity contribution is -0.00767. The molecule has 0 amide bonds. The van der Waals surface area contributed by atoms with Gasteiger partial charge >= 0.3 is 0 Å². The smallest absolute Gasteiger partial charge is 0.0766 e. The number of rotatable bonds is 4. The average Bonchev–Trinajstić information content (AvgIpc) is 2.16. The molecule has 0 aromatic rings. The van der Waals surface area contributed by atoms with Crippen LogP contribution in [0.5, 0.6) is 0 Å². The summed E-state index contributed by atoms with van der Waals surface area (Å²) < 4.78 is 5.34. The molecule has 0 radical (unpaired) electrons. The summed E-state index contributed by atoms with van der Waals surface area (Å²) in [5.41, 5.74) is -0.488. The van der Waals surface area contributed by atoms with Crippen LogP contribution in [0, 0.1) is 5.92 Å². The number of hydrogen-bond acceptors (Lipinski definition) is 3. The van der Waals surface area contributed by atoms with Crippen molar-refractivity contribution in [2.24, 2.45) is 5.92 Å². The molecule has 2 N–H and O–H groups in total. The number of aliphatic hydroxyl groups is 1. The molecule has 1 heterocycles. The van der Waals surface area contributed by atoms with Gasteiger partial charge in [-0.3, -0.25) is 0 Å². The second kappa shape index (κ2) is 4.81. The molecule has 1 rings (SSSR count). The van der Waals surface area contributed by atoms with Gasteiger partial charge in [0.2, 0.25) is 0 Å². The van der Waals surface area contributed by atoms with Crippen molar-refractivity contribution in [1.82, 2.24) is 5.32 Å². The monoisotopic (exact) mass is 215 g/mol. The molecule has 1 aliphatic heterocycles. The van der Waals surface area contributed by atoms with E-state index < -0.39 is 5.60 Å². The molecule has 0 bridgehead atoms. The van der Waals surface area contributed by atoms with Crippen molar-refractivity contribution in [2.75, 3.05) is 19.8 Å². The molecule has 0 spiro atoms. The first-order valence-electron chi connectivity index (χ1n) is 5.91. The Morgan fingerprint density at radius 3 is 2.40 bits per heavy atom. The Morgan fingerprint density at radius 1 is 1.40 bits per heavy atom. The fraction of sp³-hybridized carbons (Fsp3) is 1.00. The summed E-state index contributed by atoms with van der Waals surface area (Å²) in [5.74, 6) is 0.272. The number of nitrogens with one attached hydrogen (secondary N) is 1. The van der Waals surface area contributed by atoms with Crippen LogP contribution >= 0.6 is 0 Å². The van der Waals surface area contributed by atoms with E-state index in [0.717, 1.165) is 26.1 Å². The van der Waals surface area contributed by atoms with E-state index in [4.69, 9.17) is 4.74 Å². The van der Waals surface area contributed by atoms with E-state index in [0.29, 0.717) is 6.54 Å². The molecular weight excluding hydrogens is 190 g/mol. The van der Waals surface area contributed by atoms with E-state index in [1.54, 1.807) is 0 Å². The first-order valence-corrected chi connectivity index (χ1v) is 5.91. The average molecular weight is 215 g/mol. The number of β-amino-alcohol motifs (C(OH)–C–C–N with tert-alkyl or cyclic N) is 1. The highest BCUT2D eigenvalue weighted by Crippen LogP contribution is 2.22. The van der Waals surface area contributed by atoms with Gasteiger partial charge in [0.05, 0.1) is 5.60 Å². The summed E-state index contributed by atoms with van der Waals surface area (Å²) in [6.45, 7) is 10.5. The third-order valence-corrected chi connectivity index (χ3v) is 3.71. The molecular formula is C12H25NO2. The lowest BCUT2D eigenvalue weighted by Crippen LogP contribution is -2.53. The summed E-state index contributed by atoms with van der Waals surface area (Å²) in [7, 11) is 0. The molecule has 0 aliphatic carbocycles. The molecule has 0 saturated carbocycles. The first-order chi connectivity index (χ1) is 6.86. The van der Waals surface area contributed by atoms with Gasteiger partial charge in [-0.15, -0.1) is 0 Å². The molecule has 1 fully saturated rings. The van der Waals surface area contributed by atoms with Crippen molar-refractivity contribution in [3.05, 3.63) is 0 Å². The van der Waals surface area contributed by atoms with Crippen LogP contribution < -0.4 is 5.32 Å².